The predicted octanol–water partition coefficient (Wildman–Crippen LogP) is 1.47. The van der Waals surface area contributed by atoms with Crippen molar-refractivity contribution in [1.29, 1.82) is 0 Å². The van der Waals surface area contributed by atoms with E-state index in [2.05, 4.69) is 13.8 Å². The molecule has 6 nitrogen and oxygen atoms in total. The van der Waals surface area contributed by atoms with Gasteiger partial charge in [-0.15, -0.1) is 0 Å². The number of Topliss-reactive ketones (excluding diaryl/α,β-unsaturated/α-hetero) is 1. The van der Waals surface area contributed by atoms with Crippen LogP contribution in [0.25, 0.3) is 0 Å². The van der Waals surface area contributed by atoms with Gasteiger partial charge in [0.25, 0.3) is 0 Å². The number of ketones is 1. The first-order valence-corrected chi connectivity index (χ1v) is 7.98. The van der Waals surface area contributed by atoms with Gasteiger partial charge in [0.15, 0.2) is 5.78 Å². The van der Waals surface area contributed by atoms with Crippen LogP contribution in [-0.4, -0.2) is 53.7 Å². The molecule has 3 amide bonds. The molecule has 0 spiro atoms. The van der Waals surface area contributed by atoms with Crippen molar-refractivity contribution in [2.75, 3.05) is 26.2 Å². The molecular formula is C17H25N3O3. The molecule has 0 aromatic carbocycles. The lowest BCUT2D eigenvalue weighted by Crippen LogP contribution is -2.51. The van der Waals surface area contributed by atoms with Crippen molar-refractivity contribution in [3.8, 4) is 0 Å². The van der Waals surface area contributed by atoms with E-state index in [0.717, 1.165) is 17.6 Å². The molecule has 23 heavy (non-hydrogen) atoms. The SMILES string of the molecule is CC1=C(C=CC(=O)N2CCN(C(N)=O)CC2)C(C)(C)CCC1=O. The van der Waals surface area contributed by atoms with Gasteiger partial charge in [0.05, 0.1) is 0 Å². The Morgan fingerprint density at radius 2 is 1.70 bits per heavy atom. The molecule has 126 valence electrons. The van der Waals surface area contributed by atoms with Crippen molar-refractivity contribution in [2.24, 2.45) is 11.1 Å². The van der Waals surface area contributed by atoms with E-state index in [4.69, 9.17) is 5.73 Å². The van der Waals surface area contributed by atoms with Crippen LogP contribution >= 0.6 is 0 Å². The molecule has 2 rings (SSSR count). The highest BCUT2D eigenvalue weighted by Crippen LogP contribution is 2.39. The number of allylic oxidation sites excluding steroid dienone is 3. The topological polar surface area (TPSA) is 83.7 Å². The third kappa shape index (κ3) is 3.81. The van der Waals surface area contributed by atoms with E-state index in [1.54, 1.807) is 17.1 Å². The van der Waals surface area contributed by atoms with Gasteiger partial charge in [-0.05, 0) is 29.9 Å². The Labute approximate surface area is 137 Å². The van der Waals surface area contributed by atoms with E-state index in [1.807, 2.05) is 6.92 Å². The van der Waals surface area contributed by atoms with Crippen molar-refractivity contribution in [1.82, 2.24) is 9.80 Å². The van der Waals surface area contributed by atoms with Gasteiger partial charge < -0.3 is 15.5 Å². The van der Waals surface area contributed by atoms with Crippen LogP contribution in [0.15, 0.2) is 23.3 Å². The van der Waals surface area contributed by atoms with Gasteiger partial charge >= 0.3 is 6.03 Å². The number of amides is 3. The Bertz CT molecular complexity index is 582. The van der Waals surface area contributed by atoms with Crippen molar-refractivity contribution in [3.63, 3.8) is 0 Å². The zero-order valence-electron chi connectivity index (χ0n) is 14.1. The van der Waals surface area contributed by atoms with Crippen molar-refractivity contribution in [2.45, 2.75) is 33.6 Å². The molecule has 0 radical (unpaired) electrons. The third-order valence-electron chi connectivity index (χ3n) is 4.82. The highest BCUT2D eigenvalue weighted by Gasteiger charge is 2.31. The standard InChI is InChI=1S/C17H25N3O3/c1-12-13(17(2,3)7-6-14(12)21)4-5-15(22)19-8-10-20(11-9-19)16(18)23/h4-5H,6-11H2,1-3H3,(H2,18,23). The number of carbonyl (C=O) groups is 3. The molecule has 2 N–H and O–H groups in total. The highest BCUT2D eigenvalue weighted by atomic mass is 16.2. The smallest absolute Gasteiger partial charge is 0.314 e. The van der Waals surface area contributed by atoms with Crippen LogP contribution in [0, 0.1) is 5.41 Å². The fourth-order valence-corrected chi connectivity index (χ4v) is 3.16. The molecule has 0 bridgehead atoms. The molecule has 1 saturated heterocycles. The number of carbonyl (C=O) groups excluding carboxylic acids is 3. The second kappa shape index (κ2) is 6.56. The fourth-order valence-electron chi connectivity index (χ4n) is 3.16. The molecule has 0 aromatic heterocycles. The summed E-state index contributed by atoms with van der Waals surface area (Å²) in [4.78, 5) is 38.5. The van der Waals surface area contributed by atoms with Crippen molar-refractivity contribution < 1.29 is 14.4 Å². The molecular weight excluding hydrogens is 294 g/mol. The molecule has 6 heteroatoms. The van der Waals surface area contributed by atoms with E-state index in [9.17, 15) is 14.4 Å². The minimum absolute atomic E-state index is 0.0942. The van der Waals surface area contributed by atoms with Crippen LogP contribution in [-0.2, 0) is 9.59 Å². The molecule has 0 unspecified atom stereocenters. The quantitative estimate of drug-likeness (QED) is 0.782. The second-order valence-corrected chi connectivity index (χ2v) is 6.83. The molecule has 1 aliphatic carbocycles. The van der Waals surface area contributed by atoms with Crippen LogP contribution in [0.1, 0.15) is 33.6 Å². The summed E-state index contributed by atoms with van der Waals surface area (Å²) in [5, 5.41) is 0. The van der Waals surface area contributed by atoms with E-state index in [-0.39, 0.29) is 17.1 Å². The lowest BCUT2D eigenvalue weighted by molar-refractivity contribution is -0.127. The normalized spacial score (nSPS) is 22.0. The van der Waals surface area contributed by atoms with Gasteiger partial charge in [0.1, 0.15) is 0 Å². The zero-order chi connectivity index (χ0) is 17.2. The average molecular weight is 319 g/mol. The van der Waals surface area contributed by atoms with E-state index >= 15 is 0 Å². The molecule has 0 aromatic rings. The summed E-state index contributed by atoms with van der Waals surface area (Å²) in [5.41, 5.74) is 6.83. The highest BCUT2D eigenvalue weighted by molar-refractivity contribution is 5.98. The molecule has 1 fully saturated rings. The Kier molecular flexibility index (Phi) is 4.92. The number of hydrogen-bond donors (Lipinski definition) is 1. The summed E-state index contributed by atoms with van der Waals surface area (Å²) in [7, 11) is 0. The summed E-state index contributed by atoms with van der Waals surface area (Å²) >= 11 is 0. The summed E-state index contributed by atoms with van der Waals surface area (Å²) < 4.78 is 0. The summed E-state index contributed by atoms with van der Waals surface area (Å²) in [6, 6.07) is -0.448. The maximum Gasteiger partial charge on any atom is 0.314 e. The number of piperazine rings is 1. The van der Waals surface area contributed by atoms with E-state index in [0.29, 0.717) is 32.6 Å². The first kappa shape index (κ1) is 17.2. The minimum atomic E-state index is -0.448. The first-order chi connectivity index (χ1) is 10.7. The Morgan fingerprint density at radius 1 is 1.13 bits per heavy atom. The third-order valence-corrected chi connectivity index (χ3v) is 4.82. The van der Waals surface area contributed by atoms with Gasteiger partial charge in [-0.25, -0.2) is 4.79 Å². The number of primary amides is 1. The number of hydrogen-bond acceptors (Lipinski definition) is 3. The van der Waals surface area contributed by atoms with Gasteiger partial charge in [-0.1, -0.05) is 19.9 Å². The van der Waals surface area contributed by atoms with Crippen molar-refractivity contribution >= 4 is 17.7 Å². The van der Waals surface area contributed by atoms with Gasteiger partial charge in [0, 0.05) is 38.7 Å². The molecule has 2 aliphatic rings. The maximum atomic E-state index is 12.3. The van der Waals surface area contributed by atoms with Gasteiger partial charge in [-0.3, -0.25) is 9.59 Å². The Hall–Kier alpha value is -2.11. The number of rotatable bonds is 2. The number of nitrogens with two attached hydrogens (primary N) is 1. The predicted molar refractivity (Wildman–Crippen MR) is 87.6 cm³/mol. The minimum Gasteiger partial charge on any atom is -0.351 e. The number of nitrogens with zero attached hydrogens (tertiary/aromatic N) is 2. The van der Waals surface area contributed by atoms with E-state index in [1.165, 1.54) is 4.90 Å². The van der Waals surface area contributed by atoms with E-state index < -0.39 is 6.03 Å². The van der Waals surface area contributed by atoms with Crippen molar-refractivity contribution in [3.05, 3.63) is 23.3 Å². The Balaban J connectivity index is 2.05. The number of urea groups is 1. The summed E-state index contributed by atoms with van der Waals surface area (Å²) in [6.45, 7) is 7.90. The summed E-state index contributed by atoms with van der Waals surface area (Å²) in [6.07, 6.45) is 4.70. The summed E-state index contributed by atoms with van der Waals surface area (Å²) in [5.74, 6) is 0.0646. The van der Waals surface area contributed by atoms with Gasteiger partial charge in [0.2, 0.25) is 5.91 Å². The second-order valence-electron chi connectivity index (χ2n) is 6.83. The monoisotopic (exact) mass is 319 g/mol. The first-order valence-electron chi connectivity index (χ1n) is 7.98. The van der Waals surface area contributed by atoms with Crippen LogP contribution in [0.5, 0.6) is 0 Å². The van der Waals surface area contributed by atoms with Crippen LogP contribution in [0.2, 0.25) is 0 Å². The lowest BCUT2D eigenvalue weighted by atomic mass is 9.72. The molecule has 0 saturated carbocycles. The fraction of sp³-hybridized carbons (Fsp3) is 0.588. The maximum absolute atomic E-state index is 12.3. The van der Waals surface area contributed by atoms with Crippen LogP contribution < -0.4 is 5.73 Å². The Morgan fingerprint density at radius 3 is 2.26 bits per heavy atom. The van der Waals surface area contributed by atoms with Gasteiger partial charge in [-0.2, -0.15) is 0 Å². The lowest BCUT2D eigenvalue weighted by Gasteiger charge is -2.34. The zero-order valence-corrected chi connectivity index (χ0v) is 14.1. The molecule has 1 heterocycles. The largest absolute Gasteiger partial charge is 0.351 e. The molecule has 1 aliphatic heterocycles. The van der Waals surface area contributed by atoms with Crippen LogP contribution in [0.3, 0.4) is 0 Å². The molecule has 0 atom stereocenters. The van der Waals surface area contributed by atoms with Crippen LogP contribution in [0.4, 0.5) is 4.79 Å². The average Bonchev–Trinajstić information content (AvgIpc) is 2.51.